The summed E-state index contributed by atoms with van der Waals surface area (Å²) >= 11 is 0. The van der Waals surface area contributed by atoms with Gasteiger partial charge in [-0.1, -0.05) is 38.8 Å². The van der Waals surface area contributed by atoms with Gasteiger partial charge in [0, 0.05) is 16.4 Å². The first-order valence-electron chi connectivity index (χ1n) is 8.98. The van der Waals surface area contributed by atoms with Crippen LogP contribution >= 0.6 is 0 Å². The molecule has 1 amide bonds. The van der Waals surface area contributed by atoms with Gasteiger partial charge in [-0.25, -0.2) is 0 Å². The third kappa shape index (κ3) is 3.89. The fourth-order valence-electron chi connectivity index (χ4n) is 3.45. The SMILES string of the molecule is C=CCC(CC)(CCCC)NC(=O)c1cc2c(C)cc(C)cc2[nH]1. The average Bonchev–Trinajstić information content (AvgIpc) is 2.97. The summed E-state index contributed by atoms with van der Waals surface area (Å²) in [7, 11) is 0. The molecule has 1 heterocycles. The number of carbonyl (C=O) groups excluding carboxylic acids is 1. The molecule has 0 aliphatic heterocycles. The van der Waals surface area contributed by atoms with Crippen molar-refractivity contribution < 1.29 is 4.79 Å². The molecule has 3 nitrogen and oxygen atoms in total. The summed E-state index contributed by atoms with van der Waals surface area (Å²) in [5, 5.41) is 4.40. The van der Waals surface area contributed by atoms with E-state index in [9.17, 15) is 4.79 Å². The van der Waals surface area contributed by atoms with Crippen LogP contribution in [0, 0.1) is 13.8 Å². The molecule has 2 aromatic rings. The third-order valence-corrected chi connectivity index (χ3v) is 4.93. The highest BCUT2D eigenvalue weighted by Crippen LogP contribution is 2.25. The lowest BCUT2D eigenvalue weighted by Crippen LogP contribution is -2.47. The molecule has 2 rings (SSSR count). The maximum absolute atomic E-state index is 12.8. The van der Waals surface area contributed by atoms with E-state index in [4.69, 9.17) is 0 Å². The minimum atomic E-state index is -0.197. The zero-order valence-electron chi connectivity index (χ0n) is 15.5. The average molecular weight is 326 g/mol. The van der Waals surface area contributed by atoms with Crippen LogP contribution in [0.4, 0.5) is 0 Å². The molecule has 2 N–H and O–H groups in total. The molecule has 24 heavy (non-hydrogen) atoms. The first-order chi connectivity index (χ1) is 11.4. The zero-order chi connectivity index (χ0) is 17.7. The van der Waals surface area contributed by atoms with Crippen molar-refractivity contribution in [2.45, 2.75) is 65.3 Å². The minimum Gasteiger partial charge on any atom is -0.351 e. The minimum absolute atomic E-state index is 0.0249. The van der Waals surface area contributed by atoms with Crippen LogP contribution < -0.4 is 5.32 Å². The number of carbonyl (C=O) groups is 1. The quantitative estimate of drug-likeness (QED) is 0.624. The Labute approximate surface area is 145 Å². The number of nitrogens with one attached hydrogen (secondary N) is 2. The van der Waals surface area contributed by atoms with E-state index in [2.05, 4.69) is 56.7 Å². The predicted octanol–water partition coefficient (Wildman–Crippen LogP) is 5.43. The number of hydrogen-bond donors (Lipinski definition) is 2. The van der Waals surface area contributed by atoms with Crippen LogP contribution in [0.25, 0.3) is 10.9 Å². The van der Waals surface area contributed by atoms with Gasteiger partial charge in [-0.3, -0.25) is 4.79 Å². The highest BCUT2D eigenvalue weighted by atomic mass is 16.2. The summed E-state index contributed by atoms with van der Waals surface area (Å²) < 4.78 is 0. The van der Waals surface area contributed by atoms with Crippen molar-refractivity contribution in [1.82, 2.24) is 10.3 Å². The Morgan fingerprint density at radius 2 is 2.04 bits per heavy atom. The molecule has 3 heteroatoms. The van der Waals surface area contributed by atoms with E-state index in [1.165, 1.54) is 11.1 Å². The Kier molecular flexibility index (Phi) is 5.87. The van der Waals surface area contributed by atoms with Crippen molar-refractivity contribution in [1.29, 1.82) is 0 Å². The second-order valence-corrected chi connectivity index (χ2v) is 6.91. The molecular formula is C21H30N2O. The number of fused-ring (bicyclic) bond motifs is 1. The normalized spacial score (nSPS) is 13.7. The van der Waals surface area contributed by atoms with E-state index in [0.717, 1.165) is 43.0 Å². The summed E-state index contributed by atoms with van der Waals surface area (Å²) in [6, 6.07) is 6.20. The maximum Gasteiger partial charge on any atom is 0.268 e. The van der Waals surface area contributed by atoms with Gasteiger partial charge in [0.1, 0.15) is 5.69 Å². The molecule has 1 atom stereocenters. The highest BCUT2D eigenvalue weighted by molar-refractivity contribution is 5.99. The van der Waals surface area contributed by atoms with Crippen molar-refractivity contribution in [2.75, 3.05) is 0 Å². The number of rotatable bonds is 8. The second kappa shape index (κ2) is 7.69. The van der Waals surface area contributed by atoms with E-state index in [1.54, 1.807) is 0 Å². The molecule has 0 radical (unpaired) electrons. The fraction of sp³-hybridized carbons (Fsp3) is 0.476. The van der Waals surface area contributed by atoms with Gasteiger partial charge in [0.25, 0.3) is 5.91 Å². The molecule has 0 bridgehead atoms. The van der Waals surface area contributed by atoms with Gasteiger partial charge < -0.3 is 10.3 Å². The van der Waals surface area contributed by atoms with Crippen LogP contribution in [0.15, 0.2) is 30.9 Å². The van der Waals surface area contributed by atoms with Crippen molar-refractivity contribution in [3.05, 3.63) is 47.7 Å². The third-order valence-electron chi connectivity index (χ3n) is 4.93. The summed E-state index contributed by atoms with van der Waals surface area (Å²) in [6.07, 6.45) is 6.83. The van der Waals surface area contributed by atoms with Crippen LogP contribution in [0.5, 0.6) is 0 Å². The predicted molar refractivity (Wildman–Crippen MR) is 103 cm³/mol. The molecule has 1 unspecified atom stereocenters. The molecule has 0 saturated heterocycles. The van der Waals surface area contributed by atoms with Crippen molar-refractivity contribution in [3.8, 4) is 0 Å². The molecule has 0 aliphatic rings. The van der Waals surface area contributed by atoms with Gasteiger partial charge >= 0.3 is 0 Å². The monoisotopic (exact) mass is 326 g/mol. The van der Waals surface area contributed by atoms with E-state index >= 15 is 0 Å². The molecule has 0 saturated carbocycles. The first-order valence-corrected chi connectivity index (χ1v) is 8.98. The molecule has 1 aromatic carbocycles. The van der Waals surface area contributed by atoms with Gasteiger partial charge in [0.15, 0.2) is 0 Å². The van der Waals surface area contributed by atoms with Crippen molar-refractivity contribution in [2.24, 2.45) is 0 Å². The van der Waals surface area contributed by atoms with Gasteiger partial charge in [0.05, 0.1) is 0 Å². The van der Waals surface area contributed by atoms with Crippen LogP contribution in [0.3, 0.4) is 0 Å². The van der Waals surface area contributed by atoms with Crippen LogP contribution in [-0.2, 0) is 0 Å². The smallest absolute Gasteiger partial charge is 0.268 e. The van der Waals surface area contributed by atoms with Gasteiger partial charge in [-0.15, -0.1) is 6.58 Å². The summed E-state index contributed by atoms with van der Waals surface area (Å²) in [6.45, 7) is 12.4. The van der Waals surface area contributed by atoms with E-state index in [1.807, 2.05) is 12.1 Å². The van der Waals surface area contributed by atoms with E-state index in [-0.39, 0.29) is 11.4 Å². The van der Waals surface area contributed by atoms with Gasteiger partial charge in [0.2, 0.25) is 0 Å². The zero-order valence-corrected chi connectivity index (χ0v) is 15.5. The number of hydrogen-bond acceptors (Lipinski definition) is 1. The Bertz CT molecular complexity index is 729. The lowest BCUT2D eigenvalue weighted by Gasteiger charge is -2.33. The van der Waals surface area contributed by atoms with Crippen LogP contribution in [0.2, 0.25) is 0 Å². The van der Waals surface area contributed by atoms with Crippen molar-refractivity contribution in [3.63, 3.8) is 0 Å². The summed E-state index contributed by atoms with van der Waals surface area (Å²) in [5.74, 6) is -0.0249. The number of H-pyrrole nitrogens is 1. The Balaban J connectivity index is 2.29. The Morgan fingerprint density at radius 1 is 1.29 bits per heavy atom. The molecular weight excluding hydrogens is 296 g/mol. The largest absolute Gasteiger partial charge is 0.351 e. The van der Waals surface area contributed by atoms with Crippen LogP contribution in [0.1, 0.15) is 67.6 Å². The number of unbranched alkanes of at least 4 members (excludes halogenated alkanes) is 1. The number of aromatic amines is 1. The second-order valence-electron chi connectivity index (χ2n) is 6.91. The molecule has 130 valence electrons. The van der Waals surface area contributed by atoms with Crippen molar-refractivity contribution >= 4 is 16.8 Å². The topological polar surface area (TPSA) is 44.9 Å². The Hall–Kier alpha value is -2.03. The van der Waals surface area contributed by atoms with E-state index in [0.29, 0.717) is 5.69 Å². The van der Waals surface area contributed by atoms with E-state index < -0.39 is 0 Å². The van der Waals surface area contributed by atoms with Gasteiger partial charge in [-0.2, -0.15) is 0 Å². The van der Waals surface area contributed by atoms with Gasteiger partial charge in [-0.05, 0) is 56.4 Å². The van der Waals surface area contributed by atoms with Crippen LogP contribution in [-0.4, -0.2) is 16.4 Å². The number of amides is 1. The molecule has 1 aromatic heterocycles. The number of benzene rings is 1. The number of aryl methyl sites for hydroxylation is 2. The summed E-state index contributed by atoms with van der Waals surface area (Å²) in [5.41, 5.74) is 3.86. The summed E-state index contributed by atoms with van der Waals surface area (Å²) in [4.78, 5) is 16.1. The lowest BCUT2D eigenvalue weighted by atomic mass is 9.86. The Morgan fingerprint density at radius 3 is 2.67 bits per heavy atom. The maximum atomic E-state index is 12.8. The highest BCUT2D eigenvalue weighted by Gasteiger charge is 2.29. The molecule has 0 aliphatic carbocycles. The standard InChI is InChI=1S/C21H30N2O/c1-6-9-11-21(8-3,10-7-2)23-20(24)19-14-17-16(5)12-15(4)13-18(17)22-19/h7,12-14,22H,2,6,8-11H2,1,3-5H3,(H,23,24). The number of aromatic nitrogens is 1. The molecule has 0 fully saturated rings. The molecule has 0 spiro atoms. The first kappa shape index (κ1) is 18.3. The fourth-order valence-corrected chi connectivity index (χ4v) is 3.45. The lowest BCUT2D eigenvalue weighted by molar-refractivity contribution is 0.0883.